The van der Waals surface area contributed by atoms with Crippen LogP contribution in [0.5, 0.6) is 0 Å². The molecule has 0 rings (SSSR count). The van der Waals surface area contributed by atoms with Crippen molar-refractivity contribution in [2.24, 2.45) is 11.8 Å². The molecule has 0 aromatic carbocycles. The van der Waals surface area contributed by atoms with E-state index in [1.54, 1.807) is 0 Å². The van der Waals surface area contributed by atoms with Crippen LogP contribution >= 0.6 is 0 Å². The second-order valence-corrected chi connectivity index (χ2v) is 6.66. The van der Waals surface area contributed by atoms with Gasteiger partial charge in [0, 0.05) is 12.5 Å². The van der Waals surface area contributed by atoms with E-state index in [2.05, 4.69) is 13.8 Å². The number of carbonyl (C=O) groups is 1. The quantitative estimate of drug-likeness (QED) is 0.329. The Labute approximate surface area is 153 Å². The SMILES string of the molecule is CC(C)CCCOCCOCCOCCOCCOCC(=O)C(C)C. The van der Waals surface area contributed by atoms with Crippen molar-refractivity contribution in [2.45, 2.75) is 40.5 Å². The van der Waals surface area contributed by atoms with Gasteiger partial charge in [-0.1, -0.05) is 27.7 Å². The van der Waals surface area contributed by atoms with E-state index in [-0.39, 0.29) is 18.3 Å². The minimum absolute atomic E-state index is 0.0213. The summed E-state index contributed by atoms with van der Waals surface area (Å²) in [5.74, 6) is 0.875. The molecule has 0 atom stereocenters. The molecule has 0 aliphatic carbocycles. The Morgan fingerprint density at radius 2 is 1.04 bits per heavy atom. The molecule has 0 spiro atoms. The molecule has 0 aliphatic rings. The van der Waals surface area contributed by atoms with Crippen molar-refractivity contribution in [1.29, 1.82) is 0 Å². The largest absolute Gasteiger partial charge is 0.379 e. The smallest absolute Gasteiger partial charge is 0.160 e. The normalized spacial score (nSPS) is 11.6. The fourth-order valence-corrected chi connectivity index (χ4v) is 1.81. The lowest BCUT2D eigenvalue weighted by atomic mass is 10.1. The second kappa shape index (κ2) is 18.3. The number of ether oxygens (including phenoxy) is 5. The van der Waals surface area contributed by atoms with Gasteiger partial charge in [-0.15, -0.1) is 0 Å². The first kappa shape index (κ1) is 24.5. The monoisotopic (exact) mass is 362 g/mol. The van der Waals surface area contributed by atoms with E-state index in [0.29, 0.717) is 52.9 Å². The lowest BCUT2D eigenvalue weighted by molar-refractivity contribution is -0.127. The Hall–Kier alpha value is -0.530. The van der Waals surface area contributed by atoms with Crippen molar-refractivity contribution in [2.75, 3.05) is 66.1 Å². The molecule has 0 heterocycles. The first-order valence-electron chi connectivity index (χ1n) is 9.45. The molecule has 25 heavy (non-hydrogen) atoms. The standard InChI is InChI=1S/C19H38O6/c1-17(2)6-5-7-21-8-9-22-10-11-23-12-13-24-14-15-25-16-19(20)18(3)4/h17-18H,5-16H2,1-4H3. The first-order chi connectivity index (χ1) is 12.0. The molecule has 0 aliphatic heterocycles. The molecule has 150 valence electrons. The van der Waals surface area contributed by atoms with Gasteiger partial charge in [0.05, 0.1) is 52.9 Å². The molecular formula is C19H38O6. The summed E-state index contributed by atoms with van der Waals surface area (Å²) >= 11 is 0. The van der Waals surface area contributed by atoms with E-state index in [4.69, 9.17) is 23.7 Å². The molecule has 0 aromatic rings. The Balaban J connectivity index is 3.06. The van der Waals surface area contributed by atoms with E-state index in [9.17, 15) is 4.79 Å². The molecule has 0 aromatic heterocycles. The van der Waals surface area contributed by atoms with Crippen molar-refractivity contribution >= 4 is 5.78 Å². The topological polar surface area (TPSA) is 63.2 Å². The molecule has 0 fully saturated rings. The Morgan fingerprint density at radius 3 is 1.44 bits per heavy atom. The maximum Gasteiger partial charge on any atom is 0.160 e. The van der Waals surface area contributed by atoms with E-state index >= 15 is 0 Å². The summed E-state index contributed by atoms with van der Waals surface area (Å²) in [5, 5.41) is 0. The summed E-state index contributed by atoms with van der Waals surface area (Å²) in [4.78, 5) is 11.3. The van der Waals surface area contributed by atoms with Crippen LogP contribution in [0.15, 0.2) is 0 Å². The Bertz CT molecular complexity index is 294. The van der Waals surface area contributed by atoms with Crippen LogP contribution in [0.2, 0.25) is 0 Å². The molecule has 0 radical (unpaired) electrons. The van der Waals surface area contributed by atoms with Crippen LogP contribution in [0.3, 0.4) is 0 Å². The molecule has 0 saturated carbocycles. The summed E-state index contributed by atoms with van der Waals surface area (Å²) in [6.07, 6.45) is 2.32. The third-order valence-electron chi connectivity index (χ3n) is 3.45. The Kier molecular flexibility index (Phi) is 17.9. The zero-order valence-corrected chi connectivity index (χ0v) is 16.6. The van der Waals surface area contributed by atoms with Crippen LogP contribution in [-0.2, 0) is 28.5 Å². The highest BCUT2D eigenvalue weighted by Crippen LogP contribution is 2.02. The van der Waals surface area contributed by atoms with E-state index in [0.717, 1.165) is 18.9 Å². The molecule has 0 N–H and O–H groups in total. The van der Waals surface area contributed by atoms with Gasteiger partial charge in [0.2, 0.25) is 0 Å². The lowest BCUT2D eigenvalue weighted by Crippen LogP contribution is -2.17. The fraction of sp³-hybridized carbons (Fsp3) is 0.947. The molecule has 0 amide bonds. The molecular weight excluding hydrogens is 324 g/mol. The van der Waals surface area contributed by atoms with Gasteiger partial charge in [0.1, 0.15) is 6.61 Å². The summed E-state index contributed by atoms with van der Waals surface area (Å²) in [6, 6.07) is 0. The third-order valence-corrected chi connectivity index (χ3v) is 3.45. The van der Waals surface area contributed by atoms with Gasteiger partial charge in [-0.05, 0) is 18.8 Å². The number of ketones is 1. The van der Waals surface area contributed by atoms with Crippen LogP contribution < -0.4 is 0 Å². The van der Waals surface area contributed by atoms with Crippen LogP contribution in [0.1, 0.15) is 40.5 Å². The molecule has 0 unspecified atom stereocenters. The van der Waals surface area contributed by atoms with Crippen molar-refractivity contribution in [1.82, 2.24) is 0 Å². The summed E-state index contributed by atoms with van der Waals surface area (Å²) in [6.45, 7) is 13.4. The van der Waals surface area contributed by atoms with E-state index in [1.165, 1.54) is 6.42 Å². The number of hydrogen-bond donors (Lipinski definition) is 0. The number of hydrogen-bond acceptors (Lipinski definition) is 6. The minimum atomic E-state index is 0.0213. The van der Waals surface area contributed by atoms with Gasteiger partial charge in [0.25, 0.3) is 0 Å². The van der Waals surface area contributed by atoms with Gasteiger partial charge in [-0.25, -0.2) is 0 Å². The molecule has 6 heteroatoms. The number of Topliss-reactive ketones (excluding diaryl/α,β-unsaturated/α-hetero) is 1. The average molecular weight is 363 g/mol. The average Bonchev–Trinajstić information content (AvgIpc) is 2.57. The molecule has 6 nitrogen and oxygen atoms in total. The Morgan fingerprint density at radius 1 is 0.640 bits per heavy atom. The van der Waals surface area contributed by atoms with Crippen molar-refractivity contribution < 1.29 is 28.5 Å². The maximum absolute atomic E-state index is 11.3. The minimum Gasteiger partial charge on any atom is -0.379 e. The number of rotatable bonds is 19. The van der Waals surface area contributed by atoms with E-state index in [1.807, 2.05) is 13.8 Å². The molecule has 0 bridgehead atoms. The third kappa shape index (κ3) is 19.6. The molecule has 0 saturated heterocycles. The van der Waals surface area contributed by atoms with E-state index < -0.39 is 0 Å². The predicted octanol–water partition coefficient (Wildman–Crippen LogP) is 2.73. The highest BCUT2D eigenvalue weighted by Gasteiger charge is 2.06. The summed E-state index contributed by atoms with van der Waals surface area (Å²) < 4.78 is 26.9. The number of carbonyl (C=O) groups excluding carboxylic acids is 1. The van der Waals surface area contributed by atoms with Crippen molar-refractivity contribution in [3.8, 4) is 0 Å². The second-order valence-electron chi connectivity index (χ2n) is 6.66. The highest BCUT2D eigenvalue weighted by atomic mass is 16.6. The van der Waals surface area contributed by atoms with Gasteiger partial charge >= 0.3 is 0 Å². The summed E-state index contributed by atoms with van der Waals surface area (Å²) in [7, 11) is 0. The van der Waals surface area contributed by atoms with Crippen LogP contribution in [0, 0.1) is 11.8 Å². The zero-order valence-electron chi connectivity index (χ0n) is 16.6. The van der Waals surface area contributed by atoms with Gasteiger partial charge in [0.15, 0.2) is 5.78 Å². The first-order valence-corrected chi connectivity index (χ1v) is 9.45. The van der Waals surface area contributed by atoms with Crippen molar-refractivity contribution in [3.05, 3.63) is 0 Å². The fourth-order valence-electron chi connectivity index (χ4n) is 1.81. The van der Waals surface area contributed by atoms with Crippen molar-refractivity contribution in [3.63, 3.8) is 0 Å². The van der Waals surface area contributed by atoms with Gasteiger partial charge < -0.3 is 23.7 Å². The van der Waals surface area contributed by atoms with Gasteiger partial charge in [-0.3, -0.25) is 4.79 Å². The van der Waals surface area contributed by atoms with Crippen LogP contribution in [0.25, 0.3) is 0 Å². The maximum atomic E-state index is 11.3. The van der Waals surface area contributed by atoms with Crippen LogP contribution in [-0.4, -0.2) is 71.9 Å². The van der Waals surface area contributed by atoms with Crippen LogP contribution in [0.4, 0.5) is 0 Å². The lowest BCUT2D eigenvalue weighted by Gasteiger charge is -2.08. The summed E-state index contributed by atoms with van der Waals surface area (Å²) in [5.41, 5.74) is 0. The highest BCUT2D eigenvalue weighted by molar-refractivity contribution is 5.81. The zero-order chi connectivity index (χ0) is 18.8. The predicted molar refractivity (Wildman–Crippen MR) is 98.0 cm³/mol. The van der Waals surface area contributed by atoms with Gasteiger partial charge in [-0.2, -0.15) is 0 Å².